The summed E-state index contributed by atoms with van der Waals surface area (Å²) in [5.74, 6) is 0.128. The van der Waals surface area contributed by atoms with Crippen LogP contribution in [0.25, 0.3) is 23.2 Å². The fourth-order valence-corrected chi connectivity index (χ4v) is 3.49. The maximum absolute atomic E-state index is 12.9. The molecule has 128 valence electrons. The van der Waals surface area contributed by atoms with E-state index in [1.165, 1.54) is 28.0 Å². The van der Waals surface area contributed by atoms with Crippen molar-refractivity contribution in [3.63, 3.8) is 0 Å². The van der Waals surface area contributed by atoms with Gasteiger partial charge in [-0.2, -0.15) is 9.50 Å². The van der Waals surface area contributed by atoms with Crippen LogP contribution in [0.3, 0.4) is 0 Å². The van der Waals surface area contributed by atoms with Crippen molar-refractivity contribution in [1.82, 2.24) is 14.6 Å². The van der Waals surface area contributed by atoms with E-state index in [0.29, 0.717) is 20.3 Å². The van der Waals surface area contributed by atoms with Crippen LogP contribution in [0.5, 0.6) is 0 Å². The van der Waals surface area contributed by atoms with Crippen molar-refractivity contribution < 1.29 is 4.39 Å². The quantitative estimate of drug-likeness (QED) is 0.542. The summed E-state index contributed by atoms with van der Waals surface area (Å²) >= 11 is 7.39. The Labute approximate surface area is 156 Å². The number of nitrogens with zero attached hydrogens (tertiary/aromatic N) is 3. The van der Waals surface area contributed by atoms with Crippen LogP contribution in [-0.4, -0.2) is 14.6 Å². The van der Waals surface area contributed by atoms with E-state index in [1.807, 2.05) is 18.2 Å². The highest BCUT2D eigenvalue weighted by Gasteiger charge is 2.09. The van der Waals surface area contributed by atoms with Gasteiger partial charge in [0.25, 0.3) is 5.56 Å². The van der Waals surface area contributed by atoms with Crippen molar-refractivity contribution in [2.75, 3.05) is 0 Å². The molecule has 0 aliphatic heterocycles. The molecule has 4 rings (SSSR count). The molecule has 0 spiro atoms. The normalized spacial score (nSPS) is 12.5. The molecule has 0 aliphatic carbocycles. The zero-order valence-corrected chi connectivity index (χ0v) is 14.8. The topological polar surface area (TPSA) is 47.3 Å². The average molecular weight is 384 g/mol. The first-order chi connectivity index (χ1) is 12.6. The minimum absolute atomic E-state index is 0.237. The molecule has 0 aliphatic rings. The van der Waals surface area contributed by atoms with Crippen LogP contribution in [0.15, 0.2) is 53.3 Å². The second-order valence-corrected chi connectivity index (χ2v) is 6.90. The second kappa shape index (κ2) is 6.82. The van der Waals surface area contributed by atoms with Crippen molar-refractivity contribution in [1.29, 1.82) is 0 Å². The Balaban J connectivity index is 1.69. The van der Waals surface area contributed by atoms with E-state index in [9.17, 15) is 9.18 Å². The van der Waals surface area contributed by atoms with Crippen LogP contribution in [0.4, 0.5) is 4.39 Å². The molecule has 0 fully saturated rings. The molecule has 0 amide bonds. The molecule has 0 saturated carbocycles. The third-order valence-electron chi connectivity index (χ3n) is 3.68. The van der Waals surface area contributed by atoms with Crippen molar-refractivity contribution in [2.45, 2.75) is 0 Å². The van der Waals surface area contributed by atoms with E-state index in [1.54, 1.807) is 36.4 Å². The molecule has 0 atom stereocenters. The van der Waals surface area contributed by atoms with Crippen LogP contribution in [0, 0.1) is 5.82 Å². The SMILES string of the molecule is O=c1/c(=C/c2ccccc2Cl)sc2nc(/C=C/c3ccc(F)cc3)nn12. The molecule has 2 aromatic carbocycles. The fourth-order valence-electron chi connectivity index (χ4n) is 2.40. The first-order valence-electron chi connectivity index (χ1n) is 7.70. The summed E-state index contributed by atoms with van der Waals surface area (Å²) in [5.41, 5.74) is 1.35. The lowest BCUT2D eigenvalue weighted by Crippen LogP contribution is -2.23. The van der Waals surface area contributed by atoms with E-state index in [4.69, 9.17) is 11.6 Å². The van der Waals surface area contributed by atoms with Gasteiger partial charge in [-0.1, -0.05) is 59.3 Å². The monoisotopic (exact) mass is 383 g/mol. The lowest BCUT2D eigenvalue weighted by atomic mass is 10.2. The van der Waals surface area contributed by atoms with Crippen molar-refractivity contribution >= 4 is 46.1 Å². The molecule has 2 heterocycles. The van der Waals surface area contributed by atoms with E-state index in [2.05, 4.69) is 10.1 Å². The van der Waals surface area contributed by atoms with Crippen LogP contribution < -0.4 is 10.1 Å². The molecule has 4 aromatic rings. The van der Waals surface area contributed by atoms with Crippen LogP contribution in [0.2, 0.25) is 5.02 Å². The third-order valence-corrected chi connectivity index (χ3v) is 4.99. The number of fused-ring (bicyclic) bond motifs is 1. The maximum atomic E-state index is 12.9. The molecule has 0 saturated heterocycles. The molecule has 4 nitrogen and oxygen atoms in total. The number of thiazole rings is 1. The number of hydrogen-bond donors (Lipinski definition) is 0. The summed E-state index contributed by atoms with van der Waals surface area (Å²) in [5, 5.41) is 4.80. The van der Waals surface area contributed by atoms with E-state index in [-0.39, 0.29) is 11.4 Å². The predicted octanol–water partition coefficient (Wildman–Crippen LogP) is 3.66. The maximum Gasteiger partial charge on any atom is 0.291 e. The van der Waals surface area contributed by atoms with Gasteiger partial charge in [-0.15, -0.1) is 5.10 Å². The summed E-state index contributed by atoms with van der Waals surface area (Å²) in [4.78, 5) is 17.4. The Morgan fingerprint density at radius 3 is 2.58 bits per heavy atom. The largest absolute Gasteiger partial charge is 0.291 e. The van der Waals surface area contributed by atoms with Crippen LogP contribution in [-0.2, 0) is 0 Å². The highest BCUT2D eigenvalue weighted by molar-refractivity contribution is 7.15. The van der Waals surface area contributed by atoms with Gasteiger partial charge in [-0.3, -0.25) is 4.79 Å². The zero-order chi connectivity index (χ0) is 18.1. The molecule has 0 radical (unpaired) electrons. The first kappa shape index (κ1) is 16.6. The minimum Gasteiger partial charge on any atom is -0.266 e. The molecule has 0 N–H and O–H groups in total. The standard InChI is InChI=1S/C19H11ClFN3OS/c20-15-4-2-1-3-13(15)11-16-18(25)24-19(26-16)22-17(23-24)10-7-12-5-8-14(21)9-6-12/h1-11H/b10-7+,16-11-. The van der Waals surface area contributed by atoms with Gasteiger partial charge < -0.3 is 0 Å². The smallest absolute Gasteiger partial charge is 0.266 e. The minimum atomic E-state index is -0.291. The van der Waals surface area contributed by atoms with Gasteiger partial charge in [-0.05, 0) is 41.5 Å². The van der Waals surface area contributed by atoms with Gasteiger partial charge in [0, 0.05) is 5.02 Å². The van der Waals surface area contributed by atoms with Crippen LogP contribution >= 0.6 is 22.9 Å². The Hall–Kier alpha value is -2.83. The fraction of sp³-hybridized carbons (Fsp3) is 0. The Morgan fingerprint density at radius 1 is 1.08 bits per heavy atom. The highest BCUT2D eigenvalue weighted by atomic mass is 35.5. The molecule has 0 unspecified atom stereocenters. The summed E-state index contributed by atoms with van der Waals surface area (Å²) in [6.45, 7) is 0. The van der Waals surface area contributed by atoms with Gasteiger partial charge in [0.1, 0.15) is 5.82 Å². The first-order valence-corrected chi connectivity index (χ1v) is 8.89. The van der Waals surface area contributed by atoms with Gasteiger partial charge in [0.15, 0.2) is 5.82 Å². The summed E-state index contributed by atoms with van der Waals surface area (Å²) < 4.78 is 14.7. The Kier molecular flexibility index (Phi) is 4.36. The molecule has 0 bridgehead atoms. The molecule has 2 aromatic heterocycles. The number of rotatable bonds is 3. The van der Waals surface area contributed by atoms with Gasteiger partial charge in [0.05, 0.1) is 4.53 Å². The van der Waals surface area contributed by atoms with Gasteiger partial charge >= 0.3 is 0 Å². The van der Waals surface area contributed by atoms with E-state index < -0.39 is 0 Å². The lowest BCUT2D eigenvalue weighted by molar-refractivity contribution is 0.628. The Morgan fingerprint density at radius 2 is 1.85 bits per heavy atom. The molecule has 7 heteroatoms. The van der Waals surface area contributed by atoms with Crippen molar-refractivity contribution in [3.8, 4) is 0 Å². The highest BCUT2D eigenvalue weighted by Crippen LogP contribution is 2.15. The number of halogens is 2. The van der Waals surface area contributed by atoms with Crippen molar-refractivity contribution in [2.24, 2.45) is 0 Å². The van der Waals surface area contributed by atoms with Crippen molar-refractivity contribution in [3.05, 3.63) is 91.2 Å². The van der Waals surface area contributed by atoms with Crippen LogP contribution in [0.1, 0.15) is 17.0 Å². The number of aromatic nitrogens is 3. The third kappa shape index (κ3) is 3.29. The Bertz CT molecular complexity index is 1230. The van der Waals surface area contributed by atoms with Gasteiger partial charge in [0.2, 0.25) is 4.96 Å². The molecular formula is C19H11ClFN3OS. The molecule has 26 heavy (non-hydrogen) atoms. The van der Waals surface area contributed by atoms with E-state index >= 15 is 0 Å². The summed E-state index contributed by atoms with van der Waals surface area (Å²) in [6.07, 6.45) is 5.18. The van der Waals surface area contributed by atoms with Gasteiger partial charge in [-0.25, -0.2) is 4.39 Å². The lowest BCUT2D eigenvalue weighted by Gasteiger charge is -1.94. The molecular weight excluding hydrogens is 373 g/mol. The number of hydrogen-bond acceptors (Lipinski definition) is 4. The predicted molar refractivity (Wildman–Crippen MR) is 103 cm³/mol. The number of benzene rings is 2. The van der Waals surface area contributed by atoms with E-state index in [0.717, 1.165) is 11.1 Å². The second-order valence-electron chi connectivity index (χ2n) is 5.49. The average Bonchev–Trinajstić information content (AvgIpc) is 3.16. The summed E-state index contributed by atoms with van der Waals surface area (Å²) in [6, 6.07) is 13.4. The zero-order valence-electron chi connectivity index (χ0n) is 13.3. The summed E-state index contributed by atoms with van der Waals surface area (Å²) in [7, 11) is 0.